The van der Waals surface area contributed by atoms with Gasteiger partial charge in [0.1, 0.15) is 23.1 Å². The van der Waals surface area contributed by atoms with Crippen molar-refractivity contribution in [1.82, 2.24) is 38.3 Å². The molecule has 0 aliphatic rings. The predicted molar refractivity (Wildman–Crippen MR) is 92.0 cm³/mol. The number of rotatable bonds is 3. The van der Waals surface area contributed by atoms with Crippen LogP contribution in [-0.4, -0.2) is 38.3 Å². The lowest BCUT2D eigenvalue weighted by Gasteiger charge is -1.99. The molecule has 0 N–H and O–H groups in total. The van der Waals surface area contributed by atoms with Gasteiger partial charge in [-0.3, -0.25) is 4.98 Å². The van der Waals surface area contributed by atoms with Gasteiger partial charge in [-0.05, 0) is 17.7 Å². The first-order valence-electron chi connectivity index (χ1n) is 7.54. The van der Waals surface area contributed by atoms with Crippen LogP contribution in [0.3, 0.4) is 0 Å². The van der Waals surface area contributed by atoms with Crippen LogP contribution in [0.15, 0.2) is 49.3 Å². The summed E-state index contributed by atoms with van der Waals surface area (Å²) in [6.45, 7) is 0. The van der Waals surface area contributed by atoms with Gasteiger partial charge in [0.25, 0.3) is 0 Å². The molecule has 4 heterocycles. The van der Waals surface area contributed by atoms with Gasteiger partial charge in [-0.1, -0.05) is 6.07 Å². The molecule has 25 heavy (non-hydrogen) atoms. The zero-order chi connectivity index (χ0) is 16.6. The van der Waals surface area contributed by atoms with E-state index in [2.05, 4.69) is 33.8 Å². The highest BCUT2D eigenvalue weighted by Crippen LogP contribution is 2.20. The maximum Gasteiger partial charge on any atom is 0.182 e. The highest BCUT2D eigenvalue weighted by Gasteiger charge is 2.12. The van der Waals surface area contributed by atoms with E-state index in [0.29, 0.717) is 23.6 Å². The number of fused-ring (bicyclic) bond motifs is 2. The van der Waals surface area contributed by atoms with Gasteiger partial charge in [-0.25, -0.2) is 19.5 Å². The molecule has 8 nitrogen and oxygen atoms in total. The van der Waals surface area contributed by atoms with Crippen molar-refractivity contribution in [2.24, 2.45) is 0 Å². The Hall–Kier alpha value is -3.33. The van der Waals surface area contributed by atoms with Crippen LogP contribution in [0.5, 0.6) is 0 Å². The van der Waals surface area contributed by atoms with Crippen LogP contribution in [0.2, 0.25) is 0 Å². The normalized spacial score (nSPS) is 11.4. The highest BCUT2D eigenvalue weighted by molar-refractivity contribution is 7.00. The second kappa shape index (κ2) is 5.64. The molecule has 0 spiro atoms. The Morgan fingerprint density at radius 3 is 2.84 bits per heavy atom. The lowest BCUT2D eigenvalue weighted by molar-refractivity contribution is 0.894. The summed E-state index contributed by atoms with van der Waals surface area (Å²) in [6, 6.07) is 6.02. The maximum atomic E-state index is 4.65. The summed E-state index contributed by atoms with van der Waals surface area (Å²) in [5.74, 6) is 0.716. The first-order valence-corrected chi connectivity index (χ1v) is 8.27. The molecule has 120 valence electrons. The molecular weight excluding hydrogens is 336 g/mol. The average Bonchev–Trinajstić information content (AvgIpc) is 3.27. The smallest absolute Gasteiger partial charge is 0.182 e. The Balaban J connectivity index is 1.56. The van der Waals surface area contributed by atoms with Crippen molar-refractivity contribution in [3.63, 3.8) is 0 Å². The number of hydrogen-bond acceptors (Lipinski definition) is 8. The maximum absolute atomic E-state index is 4.65. The molecule has 0 bridgehead atoms. The van der Waals surface area contributed by atoms with Crippen molar-refractivity contribution in [1.29, 1.82) is 0 Å². The van der Waals surface area contributed by atoms with Gasteiger partial charge in [0, 0.05) is 36.8 Å². The van der Waals surface area contributed by atoms with E-state index < -0.39 is 0 Å². The Morgan fingerprint density at radius 2 is 1.92 bits per heavy atom. The Labute approximate surface area is 145 Å². The second-order valence-electron chi connectivity index (χ2n) is 5.46. The third kappa shape index (κ3) is 2.50. The van der Waals surface area contributed by atoms with Crippen LogP contribution in [0.4, 0.5) is 0 Å². The Bertz CT molecular complexity index is 1180. The number of nitrogens with zero attached hydrogens (tertiary/aromatic N) is 8. The fourth-order valence-corrected chi connectivity index (χ4v) is 3.20. The molecule has 4 aromatic heterocycles. The van der Waals surface area contributed by atoms with Gasteiger partial charge >= 0.3 is 0 Å². The number of hydrogen-bond donors (Lipinski definition) is 0. The van der Waals surface area contributed by atoms with E-state index in [1.165, 1.54) is 18.1 Å². The molecule has 0 unspecified atom stereocenters. The zero-order valence-corrected chi connectivity index (χ0v) is 13.6. The first kappa shape index (κ1) is 14.1. The van der Waals surface area contributed by atoms with Crippen LogP contribution >= 0.6 is 11.7 Å². The molecule has 0 saturated carbocycles. The van der Waals surface area contributed by atoms with E-state index in [0.717, 1.165) is 22.2 Å². The summed E-state index contributed by atoms with van der Waals surface area (Å²) < 4.78 is 10.2. The van der Waals surface area contributed by atoms with Gasteiger partial charge in [0.05, 0.1) is 11.7 Å². The van der Waals surface area contributed by atoms with E-state index in [1.54, 1.807) is 29.3 Å². The van der Waals surface area contributed by atoms with Crippen molar-refractivity contribution in [3.05, 3.63) is 60.7 Å². The summed E-state index contributed by atoms with van der Waals surface area (Å²) >= 11 is 1.22. The molecule has 0 amide bonds. The van der Waals surface area contributed by atoms with E-state index in [4.69, 9.17) is 0 Å². The minimum atomic E-state index is 0.611. The highest BCUT2D eigenvalue weighted by atomic mass is 32.1. The zero-order valence-electron chi connectivity index (χ0n) is 12.8. The lowest BCUT2D eigenvalue weighted by atomic mass is 10.1. The molecular formula is C16H10N8S. The standard InChI is InChI=1S/C16H10N8S/c1-2-12-13(23-25-22-12)5-10(1)6-14-20-16-15(11-7-17-9-18-8-11)19-3-4-24(16)21-14/h1-5,7-9H,6H2. The number of benzene rings is 1. The Morgan fingerprint density at radius 1 is 1.04 bits per heavy atom. The third-order valence-corrected chi connectivity index (χ3v) is 4.37. The van der Waals surface area contributed by atoms with Crippen molar-refractivity contribution in [2.75, 3.05) is 0 Å². The summed E-state index contributed by atoms with van der Waals surface area (Å²) in [5, 5.41) is 4.55. The summed E-state index contributed by atoms with van der Waals surface area (Å²) in [7, 11) is 0. The van der Waals surface area contributed by atoms with Gasteiger partial charge in [-0.2, -0.15) is 13.8 Å². The van der Waals surface area contributed by atoms with Gasteiger partial charge in [0.2, 0.25) is 0 Å². The fraction of sp³-hybridized carbons (Fsp3) is 0.0625. The third-order valence-electron chi connectivity index (χ3n) is 3.81. The van der Waals surface area contributed by atoms with E-state index >= 15 is 0 Å². The molecule has 0 fully saturated rings. The van der Waals surface area contributed by atoms with Crippen LogP contribution in [-0.2, 0) is 6.42 Å². The summed E-state index contributed by atoms with van der Waals surface area (Å²) in [4.78, 5) is 17.2. The fourth-order valence-electron chi connectivity index (χ4n) is 2.68. The Kier molecular flexibility index (Phi) is 3.17. The quantitative estimate of drug-likeness (QED) is 0.494. The van der Waals surface area contributed by atoms with E-state index in [1.807, 2.05) is 18.2 Å². The van der Waals surface area contributed by atoms with Crippen molar-refractivity contribution in [3.8, 4) is 11.3 Å². The predicted octanol–water partition coefficient (Wildman–Crippen LogP) is 2.18. The summed E-state index contributed by atoms with van der Waals surface area (Å²) in [5.41, 5.74) is 5.10. The molecule has 0 atom stereocenters. The largest absolute Gasteiger partial charge is 0.251 e. The van der Waals surface area contributed by atoms with Crippen molar-refractivity contribution in [2.45, 2.75) is 6.42 Å². The van der Waals surface area contributed by atoms with Gasteiger partial charge < -0.3 is 0 Å². The second-order valence-corrected chi connectivity index (χ2v) is 5.99. The van der Waals surface area contributed by atoms with E-state index in [9.17, 15) is 0 Å². The molecule has 5 aromatic rings. The van der Waals surface area contributed by atoms with Gasteiger partial charge in [0.15, 0.2) is 11.5 Å². The van der Waals surface area contributed by atoms with E-state index in [-0.39, 0.29) is 0 Å². The minimum Gasteiger partial charge on any atom is -0.251 e. The van der Waals surface area contributed by atoms with Crippen LogP contribution < -0.4 is 0 Å². The van der Waals surface area contributed by atoms with Crippen LogP contribution in [0.25, 0.3) is 27.9 Å². The molecule has 1 aromatic carbocycles. The van der Waals surface area contributed by atoms with Crippen molar-refractivity contribution < 1.29 is 0 Å². The van der Waals surface area contributed by atoms with Crippen LogP contribution in [0.1, 0.15) is 11.4 Å². The molecule has 0 aliphatic carbocycles. The monoisotopic (exact) mass is 346 g/mol. The average molecular weight is 346 g/mol. The SMILES string of the molecule is c1ncc(-c2nccn3nc(Cc4ccc5nsnc5c4)nc23)cn1. The molecule has 0 radical (unpaired) electrons. The first-order chi connectivity index (χ1) is 12.4. The number of aromatic nitrogens is 8. The van der Waals surface area contributed by atoms with Crippen LogP contribution in [0, 0.1) is 0 Å². The minimum absolute atomic E-state index is 0.611. The molecule has 0 saturated heterocycles. The van der Waals surface area contributed by atoms with Gasteiger partial charge in [-0.15, -0.1) is 0 Å². The molecule has 0 aliphatic heterocycles. The summed E-state index contributed by atoms with van der Waals surface area (Å²) in [6.07, 6.45) is 9.01. The molecule has 9 heteroatoms. The lowest BCUT2D eigenvalue weighted by Crippen LogP contribution is -1.94. The topological polar surface area (TPSA) is 94.6 Å². The molecule has 5 rings (SSSR count). The van der Waals surface area contributed by atoms with Crippen molar-refractivity contribution >= 4 is 28.4 Å².